The summed E-state index contributed by atoms with van der Waals surface area (Å²) in [6.07, 6.45) is 3.75. The molecule has 1 unspecified atom stereocenters. The van der Waals surface area contributed by atoms with Crippen molar-refractivity contribution in [1.82, 2.24) is 9.97 Å². The molecule has 2 aromatic heterocycles. The van der Waals surface area contributed by atoms with Gasteiger partial charge < -0.3 is 15.1 Å². The van der Waals surface area contributed by atoms with Crippen molar-refractivity contribution in [3.8, 4) is 0 Å². The molecule has 1 aliphatic rings. The minimum atomic E-state index is 0.313. The largest absolute Gasteiger partial charge is 0.464 e. The lowest BCUT2D eigenvalue weighted by atomic mass is 9.97. The third kappa shape index (κ3) is 2.81. The zero-order valence-corrected chi connectivity index (χ0v) is 15.1. The van der Waals surface area contributed by atoms with Crippen molar-refractivity contribution in [3.05, 3.63) is 77.7 Å². The van der Waals surface area contributed by atoms with E-state index in [9.17, 15) is 0 Å². The Kier molecular flexibility index (Phi) is 3.78. The maximum absolute atomic E-state index is 5.41. The second-order valence-corrected chi connectivity index (χ2v) is 6.81. The van der Waals surface area contributed by atoms with Crippen LogP contribution in [0, 0.1) is 0 Å². The maximum Gasteiger partial charge on any atom is 0.229 e. The summed E-state index contributed by atoms with van der Waals surface area (Å²) in [6, 6.07) is 18.5. The van der Waals surface area contributed by atoms with Gasteiger partial charge in [-0.15, -0.1) is 0 Å². The van der Waals surface area contributed by atoms with Crippen LogP contribution >= 0.6 is 0 Å². The first kappa shape index (κ1) is 15.9. The van der Waals surface area contributed by atoms with E-state index in [1.807, 2.05) is 31.3 Å². The van der Waals surface area contributed by atoms with Crippen LogP contribution < -0.4 is 10.6 Å². The van der Waals surface area contributed by atoms with Crippen molar-refractivity contribution in [3.63, 3.8) is 0 Å². The number of furan rings is 1. The van der Waals surface area contributed by atoms with E-state index in [1.165, 1.54) is 11.1 Å². The van der Waals surface area contributed by atoms with Crippen molar-refractivity contribution in [2.45, 2.75) is 18.8 Å². The van der Waals surface area contributed by atoms with Crippen molar-refractivity contribution < 1.29 is 4.42 Å². The van der Waals surface area contributed by atoms with Crippen LogP contribution in [0.25, 0.3) is 11.0 Å². The molecule has 5 rings (SSSR count). The van der Waals surface area contributed by atoms with Gasteiger partial charge in [0.2, 0.25) is 5.95 Å². The highest BCUT2D eigenvalue weighted by Gasteiger charge is 2.29. The first-order valence-electron chi connectivity index (χ1n) is 9.19. The first-order valence-corrected chi connectivity index (χ1v) is 9.19. The number of hydrogen-bond donors (Lipinski definition) is 2. The molecule has 0 amide bonds. The van der Waals surface area contributed by atoms with Crippen LogP contribution in [0.1, 0.15) is 29.2 Å². The predicted molar refractivity (Wildman–Crippen MR) is 108 cm³/mol. The van der Waals surface area contributed by atoms with Gasteiger partial charge >= 0.3 is 0 Å². The molecule has 0 bridgehead atoms. The number of nitrogens with one attached hydrogen (secondary N) is 2. The molecule has 0 spiro atoms. The molecule has 2 N–H and O–H groups in total. The molecule has 5 nitrogen and oxygen atoms in total. The molecule has 27 heavy (non-hydrogen) atoms. The standard InChI is InChI=1S/C22H20N4O/c1-23-21-18-9-8-17(14-5-3-2-4-6-14)20(18)25-22(26-21)24-16-7-10-19-15(13-16)11-12-27-19/h2-7,10-13,17H,8-9H2,1H3,(H2,23,24,25,26). The minimum absolute atomic E-state index is 0.313. The third-order valence-electron chi connectivity index (χ3n) is 5.20. The summed E-state index contributed by atoms with van der Waals surface area (Å²) in [5.74, 6) is 1.84. The summed E-state index contributed by atoms with van der Waals surface area (Å²) in [7, 11) is 1.92. The van der Waals surface area contributed by atoms with Crippen molar-refractivity contribution in [2.24, 2.45) is 0 Å². The summed E-state index contributed by atoms with van der Waals surface area (Å²) in [5, 5.41) is 7.66. The van der Waals surface area contributed by atoms with Crippen LogP contribution in [0.2, 0.25) is 0 Å². The number of nitrogens with zero attached hydrogens (tertiary/aromatic N) is 2. The summed E-state index contributed by atoms with van der Waals surface area (Å²) in [4.78, 5) is 9.59. The van der Waals surface area contributed by atoms with E-state index in [2.05, 4.69) is 41.0 Å². The van der Waals surface area contributed by atoms with E-state index >= 15 is 0 Å². The summed E-state index contributed by atoms with van der Waals surface area (Å²) in [6.45, 7) is 0. The minimum Gasteiger partial charge on any atom is -0.464 e. The first-order chi connectivity index (χ1) is 13.3. The van der Waals surface area contributed by atoms with Gasteiger partial charge in [0.25, 0.3) is 0 Å². The molecule has 2 heterocycles. The number of rotatable bonds is 4. The average Bonchev–Trinajstić information content (AvgIpc) is 3.34. The second-order valence-electron chi connectivity index (χ2n) is 6.81. The predicted octanol–water partition coefficient (Wildman–Crippen LogP) is 5.09. The van der Waals surface area contributed by atoms with E-state index in [-0.39, 0.29) is 0 Å². The molecule has 134 valence electrons. The molecule has 0 saturated heterocycles. The number of benzene rings is 2. The zero-order chi connectivity index (χ0) is 18.2. The third-order valence-corrected chi connectivity index (χ3v) is 5.20. The molecular formula is C22H20N4O. The van der Waals surface area contributed by atoms with E-state index in [1.54, 1.807) is 6.26 Å². The van der Waals surface area contributed by atoms with Gasteiger partial charge in [-0.2, -0.15) is 4.98 Å². The van der Waals surface area contributed by atoms with E-state index in [0.29, 0.717) is 11.9 Å². The molecule has 1 aliphatic carbocycles. The Morgan fingerprint density at radius 1 is 1.04 bits per heavy atom. The lowest BCUT2D eigenvalue weighted by Crippen LogP contribution is -2.07. The number of anilines is 3. The average molecular weight is 356 g/mol. The smallest absolute Gasteiger partial charge is 0.229 e. The van der Waals surface area contributed by atoms with Crippen LogP contribution in [-0.4, -0.2) is 17.0 Å². The zero-order valence-electron chi connectivity index (χ0n) is 15.1. The highest BCUT2D eigenvalue weighted by Crippen LogP contribution is 2.40. The maximum atomic E-state index is 5.41. The summed E-state index contributed by atoms with van der Waals surface area (Å²) in [5.41, 5.74) is 5.47. The highest BCUT2D eigenvalue weighted by molar-refractivity contribution is 5.82. The molecule has 0 radical (unpaired) electrons. The molecule has 5 heteroatoms. The number of hydrogen-bond acceptors (Lipinski definition) is 5. The number of fused-ring (bicyclic) bond motifs is 2. The van der Waals surface area contributed by atoms with E-state index in [4.69, 9.17) is 14.4 Å². The topological polar surface area (TPSA) is 63.0 Å². The second kappa shape index (κ2) is 6.43. The van der Waals surface area contributed by atoms with Gasteiger partial charge in [0, 0.05) is 29.6 Å². The molecular weight excluding hydrogens is 336 g/mol. The van der Waals surface area contributed by atoms with Crippen LogP contribution in [0.3, 0.4) is 0 Å². The SMILES string of the molecule is CNc1nc(Nc2ccc3occc3c2)nc2c1CCC2c1ccccc1. The fourth-order valence-electron chi connectivity index (χ4n) is 3.91. The van der Waals surface area contributed by atoms with Crippen LogP contribution in [0.15, 0.2) is 65.3 Å². The van der Waals surface area contributed by atoms with Crippen LogP contribution in [-0.2, 0) is 6.42 Å². The molecule has 1 atom stereocenters. The Balaban J connectivity index is 1.54. The Morgan fingerprint density at radius 3 is 2.78 bits per heavy atom. The highest BCUT2D eigenvalue weighted by atomic mass is 16.3. The summed E-state index contributed by atoms with van der Waals surface area (Å²) >= 11 is 0. The fraction of sp³-hybridized carbons (Fsp3) is 0.182. The van der Waals surface area contributed by atoms with Gasteiger partial charge in [0.05, 0.1) is 12.0 Å². The Morgan fingerprint density at radius 2 is 1.93 bits per heavy atom. The van der Waals surface area contributed by atoms with Gasteiger partial charge in [0.1, 0.15) is 11.4 Å². The molecule has 4 aromatic rings. The van der Waals surface area contributed by atoms with Gasteiger partial charge in [0.15, 0.2) is 0 Å². The van der Waals surface area contributed by atoms with Crippen molar-refractivity contribution in [1.29, 1.82) is 0 Å². The van der Waals surface area contributed by atoms with Gasteiger partial charge in [-0.05, 0) is 42.7 Å². The monoisotopic (exact) mass is 356 g/mol. The summed E-state index contributed by atoms with van der Waals surface area (Å²) < 4.78 is 5.41. The lowest BCUT2D eigenvalue weighted by molar-refractivity contribution is 0.616. The van der Waals surface area contributed by atoms with Crippen LogP contribution in [0.4, 0.5) is 17.5 Å². The van der Waals surface area contributed by atoms with Gasteiger partial charge in [-0.3, -0.25) is 0 Å². The number of aromatic nitrogens is 2. The van der Waals surface area contributed by atoms with Crippen LogP contribution in [0.5, 0.6) is 0 Å². The van der Waals surface area contributed by atoms with Gasteiger partial charge in [-0.1, -0.05) is 30.3 Å². The molecule has 0 saturated carbocycles. The lowest BCUT2D eigenvalue weighted by Gasteiger charge is -2.15. The van der Waals surface area contributed by atoms with Crippen molar-refractivity contribution in [2.75, 3.05) is 17.7 Å². The van der Waals surface area contributed by atoms with E-state index in [0.717, 1.165) is 41.0 Å². The van der Waals surface area contributed by atoms with Gasteiger partial charge in [-0.25, -0.2) is 4.98 Å². The Labute approximate surface area is 157 Å². The Bertz CT molecular complexity index is 1100. The molecule has 0 fully saturated rings. The Hall–Kier alpha value is -3.34. The quantitative estimate of drug-likeness (QED) is 0.533. The molecule has 0 aliphatic heterocycles. The normalized spacial score (nSPS) is 15.7. The van der Waals surface area contributed by atoms with E-state index < -0.39 is 0 Å². The fourth-order valence-corrected chi connectivity index (χ4v) is 3.91. The van der Waals surface area contributed by atoms with Crippen molar-refractivity contribution >= 4 is 28.4 Å². The molecule has 2 aromatic carbocycles.